The number of nitrogens with zero attached hydrogens (tertiary/aromatic N) is 4. The Morgan fingerprint density at radius 3 is 2.70 bits per heavy atom. The van der Waals surface area contributed by atoms with Crippen molar-refractivity contribution in [2.24, 2.45) is 24.8 Å². The number of amides is 1. The first-order valence-electron chi connectivity index (χ1n) is 11.0. The van der Waals surface area contributed by atoms with Crippen LogP contribution < -0.4 is 5.32 Å². The van der Waals surface area contributed by atoms with E-state index >= 15 is 0 Å². The van der Waals surface area contributed by atoms with E-state index in [9.17, 15) is 4.79 Å². The Labute approximate surface area is 188 Å². The van der Waals surface area contributed by atoms with Crippen LogP contribution in [0.4, 0.5) is 0 Å². The monoisotopic (exact) mass is 451 g/mol. The number of rotatable bonds is 6. The SMILES string of the molecule is Cn1nccc1C1CC(Cn2ccnc2)CC(C(=O)NCC2CCC(Cl)C(Cl)C2)C1. The van der Waals surface area contributed by atoms with Crippen LogP contribution in [0.25, 0.3) is 0 Å². The number of aromatic nitrogens is 4. The van der Waals surface area contributed by atoms with Crippen LogP contribution in [0.15, 0.2) is 31.0 Å². The van der Waals surface area contributed by atoms with E-state index in [2.05, 4.69) is 26.0 Å². The summed E-state index contributed by atoms with van der Waals surface area (Å²) in [6.07, 6.45) is 13.2. The van der Waals surface area contributed by atoms with Gasteiger partial charge in [0.15, 0.2) is 0 Å². The van der Waals surface area contributed by atoms with Crippen molar-refractivity contribution in [2.45, 2.75) is 61.7 Å². The number of halogens is 2. The molecular formula is C22H31Cl2N5O. The Morgan fingerprint density at radius 1 is 1.13 bits per heavy atom. The van der Waals surface area contributed by atoms with Gasteiger partial charge < -0.3 is 9.88 Å². The van der Waals surface area contributed by atoms with E-state index in [1.54, 1.807) is 0 Å². The van der Waals surface area contributed by atoms with Gasteiger partial charge in [0.2, 0.25) is 5.91 Å². The highest BCUT2D eigenvalue weighted by Crippen LogP contribution is 2.40. The molecule has 2 saturated carbocycles. The Morgan fingerprint density at radius 2 is 2.00 bits per heavy atom. The molecule has 2 aliphatic rings. The molecule has 0 saturated heterocycles. The highest BCUT2D eigenvalue weighted by atomic mass is 35.5. The first kappa shape index (κ1) is 21.7. The van der Waals surface area contributed by atoms with Crippen molar-refractivity contribution < 1.29 is 4.79 Å². The summed E-state index contributed by atoms with van der Waals surface area (Å²) in [6, 6.07) is 2.09. The summed E-state index contributed by atoms with van der Waals surface area (Å²) in [7, 11) is 1.99. The summed E-state index contributed by atoms with van der Waals surface area (Å²) >= 11 is 12.6. The molecule has 2 aliphatic carbocycles. The van der Waals surface area contributed by atoms with Crippen LogP contribution in [0.5, 0.6) is 0 Å². The van der Waals surface area contributed by atoms with Gasteiger partial charge in [0.1, 0.15) is 0 Å². The molecule has 2 aromatic rings. The number of hydrogen-bond acceptors (Lipinski definition) is 3. The molecule has 2 heterocycles. The van der Waals surface area contributed by atoms with Gasteiger partial charge >= 0.3 is 0 Å². The predicted molar refractivity (Wildman–Crippen MR) is 119 cm³/mol. The molecule has 1 amide bonds. The van der Waals surface area contributed by atoms with Gasteiger partial charge in [0.25, 0.3) is 0 Å². The number of alkyl halides is 2. The molecule has 0 aliphatic heterocycles. The molecule has 4 rings (SSSR count). The van der Waals surface area contributed by atoms with Crippen molar-refractivity contribution in [3.8, 4) is 0 Å². The Hall–Kier alpha value is -1.53. The fourth-order valence-corrected chi connectivity index (χ4v) is 5.86. The first-order valence-corrected chi connectivity index (χ1v) is 11.9. The summed E-state index contributed by atoms with van der Waals surface area (Å²) < 4.78 is 4.07. The van der Waals surface area contributed by atoms with Gasteiger partial charge in [-0.05, 0) is 56.4 Å². The second kappa shape index (κ2) is 9.73. The van der Waals surface area contributed by atoms with E-state index in [1.807, 2.05) is 36.6 Å². The molecule has 8 heteroatoms. The van der Waals surface area contributed by atoms with Crippen molar-refractivity contribution in [1.29, 1.82) is 0 Å². The van der Waals surface area contributed by atoms with Crippen LogP contribution >= 0.6 is 23.2 Å². The fraction of sp³-hybridized carbons (Fsp3) is 0.682. The number of nitrogens with one attached hydrogen (secondary N) is 1. The van der Waals surface area contributed by atoms with E-state index in [0.717, 1.165) is 45.1 Å². The summed E-state index contributed by atoms with van der Waals surface area (Å²) in [5.74, 6) is 1.39. The standard InChI is InChI=1S/C22H31Cl2N5O/c1-28-21(4-5-27-28)17-8-16(13-29-7-6-25-14-29)9-18(11-17)22(30)26-12-15-2-3-19(23)20(24)10-15/h4-7,14-20H,2-3,8-13H2,1H3,(H,26,30). The Bertz CT molecular complexity index is 823. The van der Waals surface area contributed by atoms with Gasteiger partial charge in [-0.2, -0.15) is 5.10 Å². The average molecular weight is 452 g/mol. The zero-order valence-corrected chi connectivity index (χ0v) is 19.0. The van der Waals surface area contributed by atoms with Crippen molar-refractivity contribution in [2.75, 3.05) is 6.54 Å². The third-order valence-corrected chi connectivity index (χ3v) is 7.98. The number of imidazole rings is 1. The van der Waals surface area contributed by atoms with Gasteiger partial charge in [-0.1, -0.05) is 0 Å². The minimum Gasteiger partial charge on any atom is -0.356 e. The number of carbonyl (C=O) groups is 1. The first-order chi connectivity index (χ1) is 14.5. The second-order valence-corrected chi connectivity index (χ2v) is 10.2. The van der Waals surface area contributed by atoms with Gasteiger partial charge in [0.05, 0.1) is 11.7 Å². The second-order valence-electron chi connectivity index (χ2n) is 9.06. The summed E-state index contributed by atoms with van der Waals surface area (Å²) in [4.78, 5) is 17.3. The molecule has 0 aromatic carbocycles. The predicted octanol–water partition coefficient (Wildman–Crippen LogP) is 3.95. The Balaban J connectivity index is 1.39. The lowest BCUT2D eigenvalue weighted by atomic mass is 9.73. The van der Waals surface area contributed by atoms with E-state index in [4.69, 9.17) is 23.2 Å². The topological polar surface area (TPSA) is 64.7 Å². The lowest BCUT2D eigenvalue weighted by molar-refractivity contribution is -0.127. The molecule has 1 N–H and O–H groups in total. The zero-order valence-electron chi connectivity index (χ0n) is 17.5. The molecule has 6 atom stereocenters. The zero-order chi connectivity index (χ0) is 21.1. The Kier molecular flexibility index (Phi) is 7.04. The van der Waals surface area contributed by atoms with E-state index in [0.29, 0.717) is 24.3 Å². The summed E-state index contributed by atoms with van der Waals surface area (Å²) in [6.45, 7) is 1.59. The number of carbonyl (C=O) groups excluding carboxylic acids is 1. The maximum Gasteiger partial charge on any atom is 0.223 e. The van der Waals surface area contributed by atoms with Crippen LogP contribution in [-0.4, -0.2) is 42.5 Å². The van der Waals surface area contributed by atoms with E-state index in [-0.39, 0.29) is 22.6 Å². The van der Waals surface area contributed by atoms with E-state index < -0.39 is 0 Å². The van der Waals surface area contributed by atoms with Crippen LogP contribution in [0.3, 0.4) is 0 Å². The van der Waals surface area contributed by atoms with Crippen molar-refractivity contribution >= 4 is 29.1 Å². The van der Waals surface area contributed by atoms with E-state index in [1.165, 1.54) is 5.69 Å². The third-order valence-electron chi connectivity index (χ3n) is 6.85. The van der Waals surface area contributed by atoms with Gasteiger partial charge in [0, 0.05) is 61.6 Å². The molecular weight excluding hydrogens is 421 g/mol. The van der Waals surface area contributed by atoms with Crippen molar-refractivity contribution in [3.63, 3.8) is 0 Å². The summed E-state index contributed by atoms with van der Waals surface area (Å²) in [5.41, 5.74) is 1.22. The number of hydrogen-bond donors (Lipinski definition) is 1. The van der Waals surface area contributed by atoms with Crippen LogP contribution in [0.2, 0.25) is 0 Å². The van der Waals surface area contributed by atoms with Crippen LogP contribution in [-0.2, 0) is 18.4 Å². The molecule has 164 valence electrons. The molecule has 0 spiro atoms. The number of aryl methyl sites for hydroxylation is 1. The smallest absolute Gasteiger partial charge is 0.223 e. The maximum atomic E-state index is 13.1. The molecule has 2 fully saturated rings. The molecule has 0 radical (unpaired) electrons. The molecule has 2 aromatic heterocycles. The quantitative estimate of drug-likeness (QED) is 0.676. The minimum absolute atomic E-state index is 0.00535. The molecule has 6 nitrogen and oxygen atoms in total. The van der Waals surface area contributed by atoms with Crippen molar-refractivity contribution in [1.82, 2.24) is 24.6 Å². The largest absolute Gasteiger partial charge is 0.356 e. The highest BCUT2D eigenvalue weighted by molar-refractivity contribution is 6.30. The molecule has 6 unspecified atom stereocenters. The van der Waals surface area contributed by atoms with Gasteiger partial charge in [-0.3, -0.25) is 9.48 Å². The normalized spacial score (nSPS) is 32.1. The highest BCUT2D eigenvalue weighted by Gasteiger charge is 2.35. The minimum atomic E-state index is 0.00535. The average Bonchev–Trinajstić information content (AvgIpc) is 3.40. The maximum absolute atomic E-state index is 13.1. The van der Waals surface area contributed by atoms with Gasteiger partial charge in [-0.25, -0.2) is 4.98 Å². The van der Waals surface area contributed by atoms with Gasteiger partial charge in [-0.15, -0.1) is 23.2 Å². The lowest BCUT2D eigenvalue weighted by Gasteiger charge is -2.35. The molecule has 0 bridgehead atoms. The van der Waals surface area contributed by atoms with Crippen LogP contribution in [0.1, 0.15) is 50.1 Å². The molecule has 30 heavy (non-hydrogen) atoms. The van der Waals surface area contributed by atoms with Crippen molar-refractivity contribution in [3.05, 3.63) is 36.7 Å². The third kappa shape index (κ3) is 5.20. The lowest BCUT2D eigenvalue weighted by Crippen LogP contribution is -2.40. The fourth-order valence-electron chi connectivity index (χ4n) is 5.25. The van der Waals surface area contributed by atoms with Crippen LogP contribution in [0, 0.1) is 17.8 Å². The summed E-state index contributed by atoms with van der Waals surface area (Å²) in [5, 5.41) is 7.65.